The van der Waals surface area contributed by atoms with Crippen LogP contribution in [0.3, 0.4) is 0 Å². The van der Waals surface area contributed by atoms with Gasteiger partial charge in [0.1, 0.15) is 24.1 Å². The zero-order valence-corrected chi connectivity index (χ0v) is 23.8. The minimum Gasteiger partial charge on any atom is -0.497 e. The molecule has 9 nitrogen and oxygen atoms in total. The van der Waals surface area contributed by atoms with E-state index in [1.807, 2.05) is 19.1 Å². The Kier molecular flexibility index (Phi) is 10.3. The third-order valence-electron chi connectivity index (χ3n) is 6.69. The fourth-order valence-electron chi connectivity index (χ4n) is 4.67. The fourth-order valence-corrected chi connectivity index (χ4v) is 5.68. The van der Waals surface area contributed by atoms with Crippen LogP contribution in [0.1, 0.15) is 44.6 Å². The first-order valence-corrected chi connectivity index (χ1v) is 14.8. The summed E-state index contributed by atoms with van der Waals surface area (Å²) in [5.41, 5.74) is 0.918. The van der Waals surface area contributed by atoms with E-state index < -0.39 is 28.5 Å². The first-order chi connectivity index (χ1) is 18.1. The number of carbonyl (C=O) groups excluding carboxylic acids is 2. The standard InChI is InChI=1S/C27H36ClN3O6S/c1-5-23(27(33)29-21-8-6-7-9-21)30(17-19-10-13-22(36-2)14-11-19)26(32)18-31(38(4,34)35)24-16-20(28)12-15-25(24)37-3/h10-16,21,23H,5-9,17-18H2,1-4H3,(H,29,33)/t23-/m1/s1. The molecule has 0 unspecified atom stereocenters. The Bertz CT molecular complexity index is 1220. The molecule has 2 amide bonds. The Balaban J connectivity index is 1.96. The number of sulfonamides is 1. The smallest absolute Gasteiger partial charge is 0.244 e. The van der Waals surface area contributed by atoms with Crippen LogP contribution in [0.25, 0.3) is 0 Å². The van der Waals surface area contributed by atoms with Crippen LogP contribution in [0.15, 0.2) is 42.5 Å². The molecule has 2 aromatic carbocycles. The zero-order chi connectivity index (χ0) is 27.9. The SMILES string of the molecule is CC[C@H](C(=O)NC1CCCC1)N(Cc1ccc(OC)cc1)C(=O)CN(c1cc(Cl)ccc1OC)S(C)(=O)=O. The molecule has 1 aliphatic carbocycles. The number of amides is 2. The summed E-state index contributed by atoms with van der Waals surface area (Å²) in [5, 5.41) is 3.38. The monoisotopic (exact) mass is 565 g/mol. The third kappa shape index (κ3) is 7.54. The van der Waals surface area contributed by atoms with Crippen molar-refractivity contribution in [2.24, 2.45) is 0 Å². The maximum Gasteiger partial charge on any atom is 0.244 e. The van der Waals surface area contributed by atoms with Crippen LogP contribution in [0.4, 0.5) is 5.69 Å². The van der Waals surface area contributed by atoms with E-state index in [-0.39, 0.29) is 29.9 Å². The largest absolute Gasteiger partial charge is 0.497 e. The number of benzene rings is 2. The van der Waals surface area contributed by atoms with Crippen molar-refractivity contribution in [1.29, 1.82) is 0 Å². The summed E-state index contributed by atoms with van der Waals surface area (Å²) in [4.78, 5) is 28.7. The number of carbonyl (C=O) groups is 2. The molecule has 0 heterocycles. The summed E-state index contributed by atoms with van der Waals surface area (Å²) in [6, 6.07) is 11.0. The molecule has 0 saturated heterocycles. The Morgan fingerprint density at radius 2 is 1.74 bits per heavy atom. The predicted octanol–water partition coefficient (Wildman–Crippen LogP) is 3.99. The molecule has 1 aliphatic rings. The Morgan fingerprint density at radius 1 is 1.08 bits per heavy atom. The molecule has 11 heteroatoms. The first-order valence-electron chi connectivity index (χ1n) is 12.6. The molecule has 0 bridgehead atoms. The number of rotatable bonds is 12. The number of hydrogen-bond donors (Lipinski definition) is 1. The van der Waals surface area contributed by atoms with Crippen LogP contribution in [0.2, 0.25) is 5.02 Å². The molecule has 208 valence electrons. The van der Waals surface area contributed by atoms with Gasteiger partial charge in [0.25, 0.3) is 0 Å². The van der Waals surface area contributed by atoms with Crippen LogP contribution in [-0.4, -0.2) is 64.2 Å². The maximum atomic E-state index is 13.9. The van der Waals surface area contributed by atoms with Gasteiger partial charge < -0.3 is 19.7 Å². The van der Waals surface area contributed by atoms with Crippen molar-refractivity contribution in [2.75, 3.05) is 31.3 Å². The molecular formula is C27H36ClN3O6S. The van der Waals surface area contributed by atoms with Gasteiger partial charge in [-0.05, 0) is 55.2 Å². The molecule has 1 atom stereocenters. The van der Waals surface area contributed by atoms with Crippen molar-refractivity contribution in [3.63, 3.8) is 0 Å². The number of hydrogen-bond acceptors (Lipinski definition) is 6. The number of nitrogens with zero attached hydrogens (tertiary/aromatic N) is 2. The predicted molar refractivity (Wildman–Crippen MR) is 148 cm³/mol. The second-order valence-electron chi connectivity index (χ2n) is 9.37. The summed E-state index contributed by atoms with van der Waals surface area (Å²) < 4.78 is 37.3. The van der Waals surface area contributed by atoms with Gasteiger partial charge in [0.2, 0.25) is 21.8 Å². The third-order valence-corrected chi connectivity index (χ3v) is 8.05. The van der Waals surface area contributed by atoms with E-state index in [9.17, 15) is 18.0 Å². The summed E-state index contributed by atoms with van der Waals surface area (Å²) in [6.45, 7) is 1.42. The van der Waals surface area contributed by atoms with E-state index in [0.29, 0.717) is 17.2 Å². The molecule has 0 radical (unpaired) electrons. The van der Waals surface area contributed by atoms with Gasteiger partial charge in [-0.3, -0.25) is 13.9 Å². The summed E-state index contributed by atoms with van der Waals surface area (Å²) in [5.74, 6) is 0.142. The lowest BCUT2D eigenvalue weighted by molar-refractivity contribution is -0.140. The number of methoxy groups -OCH3 is 2. The average Bonchev–Trinajstić information content (AvgIpc) is 3.39. The molecule has 3 rings (SSSR count). The van der Waals surface area contributed by atoms with Gasteiger partial charge in [-0.25, -0.2) is 8.42 Å². The second-order valence-corrected chi connectivity index (χ2v) is 11.7. The van der Waals surface area contributed by atoms with Gasteiger partial charge in [-0.15, -0.1) is 0 Å². The lowest BCUT2D eigenvalue weighted by Gasteiger charge is -2.33. The van der Waals surface area contributed by atoms with Gasteiger partial charge >= 0.3 is 0 Å². The minimum atomic E-state index is -3.92. The highest BCUT2D eigenvalue weighted by Crippen LogP contribution is 2.33. The van der Waals surface area contributed by atoms with Crippen LogP contribution in [0.5, 0.6) is 11.5 Å². The zero-order valence-electron chi connectivity index (χ0n) is 22.3. The van der Waals surface area contributed by atoms with E-state index in [4.69, 9.17) is 21.1 Å². The molecule has 0 spiro atoms. The van der Waals surface area contributed by atoms with Crippen molar-refractivity contribution in [3.8, 4) is 11.5 Å². The highest BCUT2D eigenvalue weighted by Gasteiger charge is 2.33. The van der Waals surface area contributed by atoms with Gasteiger partial charge in [-0.2, -0.15) is 0 Å². The molecule has 1 saturated carbocycles. The van der Waals surface area contributed by atoms with Crippen molar-refractivity contribution in [3.05, 3.63) is 53.1 Å². The van der Waals surface area contributed by atoms with E-state index >= 15 is 0 Å². The van der Waals surface area contributed by atoms with Crippen LogP contribution >= 0.6 is 11.6 Å². The Labute approximate surface area is 230 Å². The van der Waals surface area contributed by atoms with Crippen LogP contribution in [-0.2, 0) is 26.2 Å². The van der Waals surface area contributed by atoms with Crippen molar-refractivity contribution < 1.29 is 27.5 Å². The summed E-state index contributed by atoms with van der Waals surface area (Å²) in [6.07, 6.45) is 5.30. The highest BCUT2D eigenvalue weighted by molar-refractivity contribution is 7.92. The molecule has 1 fully saturated rings. The van der Waals surface area contributed by atoms with E-state index in [1.54, 1.807) is 31.4 Å². The summed E-state index contributed by atoms with van der Waals surface area (Å²) >= 11 is 6.16. The Morgan fingerprint density at radius 3 is 2.29 bits per heavy atom. The number of nitrogens with one attached hydrogen (secondary N) is 1. The number of halogens is 1. The second kappa shape index (κ2) is 13.2. The van der Waals surface area contributed by atoms with Crippen molar-refractivity contribution in [1.82, 2.24) is 10.2 Å². The maximum absolute atomic E-state index is 13.9. The van der Waals surface area contributed by atoms with Gasteiger partial charge in [-0.1, -0.05) is 43.5 Å². The van der Waals surface area contributed by atoms with E-state index in [0.717, 1.165) is 41.8 Å². The molecule has 0 aliphatic heterocycles. The topological polar surface area (TPSA) is 105 Å². The fraction of sp³-hybridized carbons (Fsp3) is 0.481. The minimum absolute atomic E-state index is 0.0812. The molecule has 38 heavy (non-hydrogen) atoms. The molecular weight excluding hydrogens is 530 g/mol. The average molecular weight is 566 g/mol. The molecule has 1 N–H and O–H groups in total. The van der Waals surface area contributed by atoms with Crippen LogP contribution in [0, 0.1) is 0 Å². The number of ether oxygens (including phenoxy) is 2. The highest BCUT2D eigenvalue weighted by atomic mass is 35.5. The van der Waals surface area contributed by atoms with E-state index in [1.165, 1.54) is 18.1 Å². The lowest BCUT2D eigenvalue weighted by Crippen LogP contribution is -2.53. The van der Waals surface area contributed by atoms with Gasteiger partial charge in [0, 0.05) is 17.6 Å². The van der Waals surface area contributed by atoms with Gasteiger partial charge in [0.05, 0.1) is 26.2 Å². The number of anilines is 1. The molecule has 0 aromatic heterocycles. The summed E-state index contributed by atoms with van der Waals surface area (Å²) in [7, 11) is -0.946. The quantitative estimate of drug-likeness (QED) is 0.417. The normalized spacial score (nSPS) is 14.6. The van der Waals surface area contributed by atoms with Gasteiger partial charge in [0.15, 0.2) is 0 Å². The lowest BCUT2D eigenvalue weighted by atomic mass is 10.1. The van der Waals surface area contributed by atoms with Crippen molar-refractivity contribution in [2.45, 2.75) is 57.7 Å². The van der Waals surface area contributed by atoms with Crippen LogP contribution < -0.4 is 19.1 Å². The molecule has 2 aromatic rings. The van der Waals surface area contributed by atoms with Crippen molar-refractivity contribution >= 4 is 39.1 Å². The first kappa shape index (κ1) is 29.6. The van der Waals surface area contributed by atoms with E-state index in [2.05, 4.69) is 5.32 Å². The Hall–Kier alpha value is -2.98.